The zero-order valence-electron chi connectivity index (χ0n) is 11.3. The van der Waals surface area contributed by atoms with Crippen molar-refractivity contribution in [2.75, 3.05) is 11.5 Å². The number of nitrogens with one attached hydrogen (secondary N) is 1. The predicted molar refractivity (Wildman–Crippen MR) is 87.9 cm³/mol. The molecule has 0 saturated heterocycles. The number of anilines is 1. The molecule has 2 rings (SSSR count). The maximum Gasteiger partial charge on any atom is 0.251 e. The van der Waals surface area contributed by atoms with E-state index in [1.54, 1.807) is 12.1 Å². The van der Waals surface area contributed by atoms with Gasteiger partial charge in [-0.15, -0.1) is 0 Å². The average molecular weight is 333 g/mol. The van der Waals surface area contributed by atoms with Crippen LogP contribution in [0.25, 0.3) is 0 Å². The van der Waals surface area contributed by atoms with Crippen LogP contribution in [-0.4, -0.2) is 23.0 Å². The normalized spacial score (nSPS) is 21.9. The fraction of sp³-hybridized carbons (Fsp3) is 0.500. The summed E-state index contributed by atoms with van der Waals surface area (Å²) in [5, 5.41) is 4.22. The van der Waals surface area contributed by atoms with E-state index >= 15 is 0 Å². The SMILES string of the molecule is CCSC1CCCC1NC(=O)c1cc(Cl)c(N)c(Cl)c1. The van der Waals surface area contributed by atoms with Crippen molar-refractivity contribution in [3.05, 3.63) is 27.7 Å². The number of hydrogen-bond acceptors (Lipinski definition) is 3. The first-order valence-electron chi connectivity index (χ1n) is 6.70. The van der Waals surface area contributed by atoms with Gasteiger partial charge in [-0.25, -0.2) is 0 Å². The molecule has 110 valence electrons. The summed E-state index contributed by atoms with van der Waals surface area (Å²) in [6, 6.07) is 3.35. The van der Waals surface area contributed by atoms with E-state index in [1.165, 1.54) is 0 Å². The lowest BCUT2D eigenvalue weighted by molar-refractivity contribution is 0.0938. The maximum absolute atomic E-state index is 12.3. The van der Waals surface area contributed by atoms with Crippen LogP contribution in [0.4, 0.5) is 5.69 Å². The molecule has 1 aliphatic carbocycles. The second-order valence-corrected chi connectivity index (χ2v) is 7.19. The van der Waals surface area contributed by atoms with Crippen molar-refractivity contribution in [1.29, 1.82) is 0 Å². The highest BCUT2D eigenvalue weighted by molar-refractivity contribution is 7.99. The third kappa shape index (κ3) is 3.54. The third-order valence-electron chi connectivity index (χ3n) is 3.49. The van der Waals surface area contributed by atoms with E-state index in [9.17, 15) is 4.79 Å². The number of amides is 1. The Kier molecular flexibility index (Phi) is 5.47. The lowest BCUT2D eigenvalue weighted by Crippen LogP contribution is -2.38. The third-order valence-corrected chi connectivity index (χ3v) is 5.44. The smallest absolute Gasteiger partial charge is 0.251 e. The molecule has 1 fully saturated rings. The van der Waals surface area contributed by atoms with E-state index in [4.69, 9.17) is 28.9 Å². The topological polar surface area (TPSA) is 55.1 Å². The number of carbonyl (C=O) groups excluding carboxylic acids is 1. The zero-order chi connectivity index (χ0) is 14.7. The van der Waals surface area contributed by atoms with Gasteiger partial charge in [-0.05, 0) is 30.7 Å². The highest BCUT2D eigenvalue weighted by Crippen LogP contribution is 2.31. The first-order chi connectivity index (χ1) is 9.52. The molecule has 3 nitrogen and oxygen atoms in total. The minimum absolute atomic E-state index is 0.137. The Hall–Kier alpha value is -0.580. The molecule has 1 aliphatic rings. The molecule has 1 saturated carbocycles. The average Bonchev–Trinajstić information content (AvgIpc) is 2.83. The Morgan fingerprint density at radius 1 is 1.40 bits per heavy atom. The van der Waals surface area contributed by atoms with E-state index in [2.05, 4.69) is 12.2 Å². The van der Waals surface area contributed by atoms with Crippen molar-refractivity contribution in [2.24, 2.45) is 0 Å². The fourth-order valence-corrected chi connectivity index (χ4v) is 4.16. The molecule has 1 aromatic carbocycles. The van der Waals surface area contributed by atoms with Gasteiger partial charge in [-0.1, -0.05) is 36.5 Å². The summed E-state index contributed by atoms with van der Waals surface area (Å²) in [5.41, 5.74) is 6.45. The molecular weight excluding hydrogens is 315 g/mol. The second-order valence-electron chi connectivity index (χ2n) is 4.86. The molecule has 1 aromatic rings. The van der Waals surface area contributed by atoms with Crippen LogP contribution in [0, 0.1) is 0 Å². The predicted octanol–water partition coefficient (Wildman–Crippen LogP) is 3.98. The van der Waals surface area contributed by atoms with Crippen molar-refractivity contribution in [3.8, 4) is 0 Å². The van der Waals surface area contributed by atoms with Crippen LogP contribution in [-0.2, 0) is 0 Å². The summed E-state index contributed by atoms with van der Waals surface area (Å²) in [6.07, 6.45) is 3.35. The van der Waals surface area contributed by atoms with Crippen molar-refractivity contribution < 1.29 is 4.79 Å². The van der Waals surface area contributed by atoms with Gasteiger partial charge in [-0.2, -0.15) is 11.8 Å². The van der Waals surface area contributed by atoms with Gasteiger partial charge in [-0.3, -0.25) is 4.79 Å². The Bertz CT molecular complexity index is 487. The van der Waals surface area contributed by atoms with Crippen LogP contribution in [0.2, 0.25) is 10.0 Å². The molecule has 0 aromatic heterocycles. The Morgan fingerprint density at radius 2 is 2.05 bits per heavy atom. The van der Waals surface area contributed by atoms with Crippen LogP contribution in [0.3, 0.4) is 0 Å². The standard InChI is InChI=1S/C14H18Cl2N2OS/c1-2-20-12-5-3-4-11(12)18-14(19)8-6-9(15)13(17)10(16)7-8/h6-7,11-12H,2-5,17H2,1H3,(H,18,19). The molecule has 2 unspecified atom stereocenters. The fourth-order valence-electron chi connectivity index (χ4n) is 2.47. The molecule has 0 radical (unpaired) electrons. The van der Waals surface area contributed by atoms with Crippen molar-refractivity contribution in [1.82, 2.24) is 5.32 Å². The summed E-state index contributed by atoms with van der Waals surface area (Å²) >= 11 is 13.8. The van der Waals surface area contributed by atoms with Gasteiger partial charge in [0.25, 0.3) is 5.91 Å². The Morgan fingerprint density at radius 3 is 2.65 bits per heavy atom. The molecule has 0 heterocycles. The number of nitrogens with two attached hydrogens (primary N) is 1. The highest BCUT2D eigenvalue weighted by atomic mass is 35.5. The van der Waals surface area contributed by atoms with Crippen molar-refractivity contribution in [3.63, 3.8) is 0 Å². The van der Waals surface area contributed by atoms with Gasteiger partial charge in [0.15, 0.2) is 0 Å². The van der Waals surface area contributed by atoms with Crippen LogP contribution in [0.5, 0.6) is 0 Å². The van der Waals surface area contributed by atoms with E-state index in [1.807, 2.05) is 11.8 Å². The van der Waals surface area contributed by atoms with Crippen LogP contribution < -0.4 is 11.1 Å². The monoisotopic (exact) mass is 332 g/mol. The van der Waals surface area contributed by atoms with Gasteiger partial charge in [0.1, 0.15) is 0 Å². The number of nitrogen functional groups attached to an aromatic ring is 1. The Balaban J connectivity index is 2.08. The molecule has 0 bridgehead atoms. The minimum Gasteiger partial charge on any atom is -0.396 e. The number of carbonyl (C=O) groups is 1. The summed E-state index contributed by atoms with van der Waals surface area (Å²) in [4.78, 5) is 12.3. The molecule has 0 spiro atoms. The van der Waals surface area contributed by atoms with Crippen LogP contribution in [0.1, 0.15) is 36.5 Å². The zero-order valence-corrected chi connectivity index (χ0v) is 13.6. The Labute approximate surface area is 133 Å². The lowest BCUT2D eigenvalue weighted by atomic mass is 10.1. The number of thioether (sulfide) groups is 1. The summed E-state index contributed by atoms with van der Waals surface area (Å²) in [5.74, 6) is 0.929. The molecule has 20 heavy (non-hydrogen) atoms. The number of rotatable bonds is 4. The quantitative estimate of drug-likeness (QED) is 0.820. The largest absolute Gasteiger partial charge is 0.396 e. The van der Waals surface area contributed by atoms with E-state index in [0.29, 0.717) is 26.5 Å². The minimum atomic E-state index is -0.137. The summed E-state index contributed by atoms with van der Waals surface area (Å²) < 4.78 is 0. The van der Waals surface area contributed by atoms with Crippen LogP contribution in [0.15, 0.2) is 12.1 Å². The molecule has 1 amide bonds. The summed E-state index contributed by atoms with van der Waals surface area (Å²) in [6.45, 7) is 2.14. The van der Waals surface area contributed by atoms with E-state index < -0.39 is 0 Å². The molecular formula is C14H18Cl2N2OS. The molecule has 2 atom stereocenters. The van der Waals surface area contributed by atoms with Gasteiger partial charge < -0.3 is 11.1 Å². The number of halogens is 2. The highest BCUT2D eigenvalue weighted by Gasteiger charge is 2.28. The van der Waals surface area contributed by atoms with Crippen molar-refractivity contribution >= 4 is 46.6 Å². The van der Waals surface area contributed by atoms with Gasteiger partial charge in [0.2, 0.25) is 0 Å². The van der Waals surface area contributed by atoms with Crippen LogP contribution >= 0.6 is 35.0 Å². The van der Waals surface area contributed by atoms with E-state index in [-0.39, 0.29) is 11.9 Å². The number of hydrogen-bond donors (Lipinski definition) is 2. The van der Waals surface area contributed by atoms with Crippen molar-refractivity contribution in [2.45, 2.75) is 37.5 Å². The summed E-state index contributed by atoms with van der Waals surface area (Å²) in [7, 11) is 0. The first kappa shape index (κ1) is 15.8. The van der Waals surface area contributed by atoms with Gasteiger partial charge in [0.05, 0.1) is 15.7 Å². The van der Waals surface area contributed by atoms with E-state index in [0.717, 1.165) is 25.0 Å². The van der Waals surface area contributed by atoms with Gasteiger partial charge >= 0.3 is 0 Å². The first-order valence-corrected chi connectivity index (χ1v) is 8.50. The molecule has 6 heteroatoms. The maximum atomic E-state index is 12.3. The molecule has 3 N–H and O–H groups in total. The second kappa shape index (κ2) is 6.92. The lowest BCUT2D eigenvalue weighted by Gasteiger charge is -2.20. The number of benzene rings is 1. The van der Waals surface area contributed by atoms with Gasteiger partial charge in [0, 0.05) is 16.9 Å². The molecule has 0 aliphatic heterocycles.